The minimum atomic E-state index is -0.334. The second-order valence-corrected chi connectivity index (χ2v) is 5.76. The van der Waals surface area contributed by atoms with Crippen molar-refractivity contribution >= 4 is 17.4 Å². The van der Waals surface area contributed by atoms with Crippen molar-refractivity contribution in [2.75, 3.05) is 10.6 Å². The van der Waals surface area contributed by atoms with E-state index in [0.29, 0.717) is 12.4 Å². The van der Waals surface area contributed by atoms with Crippen LogP contribution in [0.4, 0.5) is 20.3 Å². The van der Waals surface area contributed by atoms with Crippen molar-refractivity contribution in [3.8, 4) is 0 Å². The van der Waals surface area contributed by atoms with Crippen molar-refractivity contribution in [2.45, 2.75) is 13.0 Å². The molecule has 3 rings (SSSR count). The summed E-state index contributed by atoms with van der Waals surface area (Å²) < 4.78 is 25.7. The number of carbonyl (C=O) groups excluding carboxylic acids is 1. The third kappa shape index (κ3) is 5.11. The molecular weight excluding hydrogens is 336 g/mol. The summed E-state index contributed by atoms with van der Waals surface area (Å²) in [5.74, 6) is -0.392. The molecule has 0 atom stereocenters. The van der Waals surface area contributed by atoms with Gasteiger partial charge in [-0.3, -0.25) is 4.79 Å². The van der Waals surface area contributed by atoms with Gasteiger partial charge in [0.15, 0.2) is 0 Å². The fourth-order valence-corrected chi connectivity index (χ4v) is 2.35. The molecule has 0 unspecified atom stereocenters. The van der Waals surface area contributed by atoms with Gasteiger partial charge in [0.25, 0.3) is 0 Å². The van der Waals surface area contributed by atoms with Crippen LogP contribution in [0.3, 0.4) is 0 Å². The highest BCUT2D eigenvalue weighted by molar-refractivity contribution is 5.91. The van der Waals surface area contributed by atoms with Crippen LogP contribution in [0, 0.1) is 11.6 Å². The molecule has 4 nitrogen and oxygen atoms in total. The van der Waals surface area contributed by atoms with Crippen LogP contribution in [0.1, 0.15) is 11.1 Å². The zero-order valence-corrected chi connectivity index (χ0v) is 13.9. The van der Waals surface area contributed by atoms with Gasteiger partial charge in [0.1, 0.15) is 17.5 Å². The number of hydrogen-bond donors (Lipinski definition) is 2. The summed E-state index contributed by atoms with van der Waals surface area (Å²) in [6.07, 6.45) is 1.75. The topological polar surface area (TPSA) is 54.0 Å². The Morgan fingerprint density at radius 1 is 0.846 bits per heavy atom. The number of benzene rings is 2. The maximum absolute atomic E-state index is 12.9. The van der Waals surface area contributed by atoms with E-state index < -0.39 is 0 Å². The molecule has 0 aliphatic heterocycles. The molecule has 0 aliphatic rings. The maximum Gasteiger partial charge on any atom is 0.229 e. The standard InChI is InChI=1S/C20H17F2N3O/c21-16-5-1-14(2-6-16)11-20(26)25-19-10-9-18(13-24-19)23-12-15-3-7-17(22)8-4-15/h1-10,13,23H,11-12H2,(H,24,25,26). The van der Waals surface area contributed by atoms with Gasteiger partial charge in [0.05, 0.1) is 18.3 Å². The smallest absolute Gasteiger partial charge is 0.229 e. The minimum Gasteiger partial charge on any atom is -0.380 e. The quantitative estimate of drug-likeness (QED) is 0.700. The van der Waals surface area contributed by atoms with Gasteiger partial charge in [-0.1, -0.05) is 24.3 Å². The molecule has 1 aromatic heterocycles. The minimum absolute atomic E-state index is 0.145. The van der Waals surface area contributed by atoms with Crippen molar-refractivity contribution in [3.05, 3.63) is 89.6 Å². The summed E-state index contributed by atoms with van der Waals surface area (Å²) in [5.41, 5.74) is 2.45. The average molecular weight is 353 g/mol. The Morgan fingerprint density at radius 2 is 1.46 bits per heavy atom. The molecule has 2 aromatic carbocycles. The lowest BCUT2D eigenvalue weighted by atomic mass is 10.1. The molecule has 0 saturated carbocycles. The molecule has 1 amide bonds. The summed E-state index contributed by atoms with van der Waals surface area (Å²) in [6, 6.07) is 15.5. The average Bonchev–Trinajstić information content (AvgIpc) is 2.64. The number of nitrogens with one attached hydrogen (secondary N) is 2. The predicted octanol–water partition coefficient (Wildman–Crippen LogP) is 4.15. The first kappa shape index (κ1) is 17.5. The fraction of sp³-hybridized carbons (Fsp3) is 0.100. The molecule has 132 valence electrons. The molecule has 3 aromatic rings. The van der Waals surface area contributed by atoms with Crippen LogP contribution in [0.2, 0.25) is 0 Å². The van der Waals surface area contributed by atoms with Gasteiger partial charge >= 0.3 is 0 Å². The van der Waals surface area contributed by atoms with E-state index in [-0.39, 0.29) is 24.0 Å². The fourth-order valence-electron chi connectivity index (χ4n) is 2.35. The van der Waals surface area contributed by atoms with Gasteiger partial charge in [-0.05, 0) is 47.5 Å². The first-order valence-electron chi connectivity index (χ1n) is 8.07. The second kappa shape index (κ2) is 8.20. The van der Waals surface area contributed by atoms with Crippen LogP contribution in [-0.4, -0.2) is 10.9 Å². The van der Waals surface area contributed by atoms with E-state index in [4.69, 9.17) is 0 Å². The molecule has 6 heteroatoms. The lowest BCUT2D eigenvalue weighted by Crippen LogP contribution is -2.15. The highest BCUT2D eigenvalue weighted by atomic mass is 19.1. The largest absolute Gasteiger partial charge is 0.380 e. The Kier molecular flexibility index (Phi) is 5.53. The van der Waals surface area contributed by atoms with Crippen LogP contribution >= 0.6 is 0 Å². The van der Waals surface area contributed by atoms with Crippen LogP contribution in [0.5, 0.6) is 0 Å². The number of aromatic nitrogens is 1. The summed E-state index contributed by atoms with van der Waals surface area (Å²) in [7, 11) is 0. The van der Waals surface area contributed by atoms with Gasteiger partial charge < -0.3 is 10.6 Å². The number of hydrogen-bond acceptors (Lipinski definition) is 3. The number of carbonyl (C=O) groups is 1. The van der Waals surface area contributed by atoms with Crippen molar-refractivity contribution in [2.24, 2.45) is 0 Å². The van der Waals surface area contributed by atoms with Crippen molar-refractivity contribution in [3.63, 3.8) is 0 Å². The third-order valence-electron chi connectivity index (χ3n) is 3.72. The molecule has 0 spiro atoms. The van der Waals surface area contributed by atoms with Gasteiger partial charge in [0, 0.05) is 6.54 Å². The van der Waals surface area contributed by atoms with Crippen LogP contribution in [-0.2, 0) is 17.8 Å². The molecule has 0 aliphatic carbocycles. The van der Waals surface area contributed by atoms with Crippen LogP contribution < -0.4 is 10.6 Å². The molecular formula is C20H17F2N3O. The van der Waals surface area contributed by atoms with E-state index in [9.17, 15) is 13.6 Å². The van der Waals surface area contributed by atoms with Gasteiger partial charge in [-0.25, -0.2) is 13.8 Å². The highest BCUT2D eigenvalue weighted by Crippen LogP contribution is 2.12. The molecule has 0 radical (unpaired) electrons. The van der Waals surface area contributed by atoms with Crippen molar-refractivity contribution < 1.29 is 13.6 Å². The van der Waals surface area contributed by atoms with E-state index >= 15 is 0 Å². The molecule has 2 N–H and O–H groups in total. The normalized spacial score (nSPS) is 10.4. The van der Waals surface area contributed by atoms with Crippen molar-refractivity contribution in [1.82, 2.24) is 4.98 Å². The zero-order valence-electron chi connectivity index (χ0n) is 13.9. The Hall–Kier alpha value is -3.28. The summed E-state index contributed by atoms with van der Waals surface area (Å²) in [5, 5.41) is 5.87. The Bertz CT molecular complexity index is 863. The van der Waals surface area contributed by atoms with E-state index in [0.717, 1.165) is 16.8 Å². The molecule has 26 heavy (non-hydrogen) atoms. The van der Waals surface area contributed by atoms with E-state index in [1.165, 1.54) is 24.3 Å². The number of nitrogens with zero attached hydrogens (tertiary/aromatic N) is 1. The van der Waals surface area contributed by atoms with Gasteiger partial charge in [-0.15, -0.1) is 0 Å². The lowest BCUT2D eigenvalue weighted by molar-refractivity contribution is -0.115. The summed E-state index contributed by atoms with van der Waals surface area (Å²) in [4.78, 5) is 16.2. The first-order valence-corrected chi connectivity index (χ1v) is 8.07. The SMILES string of the molecule is O=C(Cc1ccc(F)cc1)Nc1ccc(NCc2ccc(F)cc2)cn1. The molecule has 0 saturated heterocycles. The zero-order chi connectivity index (χ0) is 18.4. The molecule has 0 bridgehead atoms. The van der Waals surface area contributed by atoms with Gasteiger partial charge in [0.2, 0.25) is 5.91 Å². The van der Waals surface area contributed by atoms with Gasteiger partial charge in [-0.2, -0.15) is 0 Å². The predicted molar refractivity (Wildman–Crippen MR) is 96.7 cm³/mol. The lowest BCUT2D eigenvalue weighted by Gasteiger charge is -2.08. The van der Waals surface area contributed by atoms with E-state index in [1.54, 1.807) is 42.6 Å². The van der Waals surface area contributed by atoms with E-state index in [1.807, 2.05) is 0 Å². The van der Waals surface area contributed by atoms with E-state index in [2.05, 4.69) is 15.6 Å². The highest BCUT2D eigenvalue weighted by Gasteiger charge is 2.05. The third-order valence-corrected chi connectivity index (χ3v) is 3.72. The number of rotatable bonds is 6. The Morgan fingerprint density at radius 3 is 2.04 bits per heavy atom. The van der Waals surface area contributed by atoms with Crippen LogP contribution in [0.25, 0.3) is 0 Å². The number of anilines is 2. The first-order chi connectivity index (χ1) is 12.6. The van der Waals surface area contributed by atoms with Crippen molar-refractivity contribution in [1.29, 1.82) is 0 Å². The number of amides is 1. The maximum atomic E-state index is 12.9. The Balaban J connectivity index is 1.51. The molecule has 1 heterocycles. The number of pyridine rings is 1. The Labute approximate surface area is 149 Å². The second-order valence-electron chi connectivity index (χ2n) is 5.76. The summed E-state index contributed by atoms with van der Waals surface area (Å²) in [6.45, 7) is 0.540. The van der Waals surface area contributed by atoms with Crippen LogP contribution in [0.15, 0.2) is 66.9 Å². The summed E-state index contributed by atoms with van der Waals surface area (Å²) >= 11 is 0. The molecule has 0 fully saturated rings. The monoisotopic (exact) mass is 353 g/mol. The number of halogens is 2.